The fraction of sp³-hybridized carbons (Fsp3) is 0.500. The van der Waals surface area contributed by atoms with Crippen molar-refractivity contribution in [3.8, 4) is 5.75 Å². The SMILES string of the molecule is O=C1CN(CC(=O)N[C@@H]2CCOC[C@H]2Oc2ccc(C(=O)O)cc2)CCN1. The fourth-order valence-corrected chi connectivity index (χ4v) is 3.13. The largest absolute Gasteiger partial charge is 0.486 e. The highest BCUT2D eigenvalue weighted by atomic mass is 16.5. The number of carbonyl (C=O) groups is 3. The molecule has 2 aliphatic heterocycles. The number of piperazine rings is 1. The van der Waals surface area contributed by atoms with Crippen molar-refractivity contribution in [1.29, 1.82) is 0 Å². The molecule has 2 heterocycles. The fourth-order valence-electron chi connectivity index (χ4n) is 3.13. The van der Waals surface area contributed by atoms with E-state index in [2.05, 4.69) is 10.6 Å². The van der Waals surface area contributed by atoms with Crippen LogP contribution in [0.4, 0.5) is 0 Å². The number of benzene rings is 1. The first kappa shape index (κ1) is 19.1. The van der Waals surface area contributed by atoms with Crippen LogP contribution in [0.2, 0.25) is 0 Å². The van der Waals surface area contributed by atoms with E-state index in [1.54, 1.807) is 17.0 Å². The maximum absolute atomic E-state index is 12.4. The van der Waals surface area contributed by atoms with Gasteiger partial charge >= 0.3 is 5.97 Å². The van der Waals surface area contributed by atoms with Crippen molar-refractivity contribution in [1.82, 2.24) is 15.5 Å². The van der Waals surface area contributed by atoms with E-state index in [1.165, 1.54) is 12.1 Å². The Labute approximate surface area is 156 Å². The summed E-state index contributed by atoms with van der Waals surface area (Å²) in [5.74, 6) is -0.723. The lowest BCUT2D eigenvalue weighted by molar-refractivity contribution is -0.128. The topological polar surface area (TPSA) is 117 Å². The van der Waals surface area contributed by atoms with Crippen LogP contribution in [0.5, 0.6) is 5.75 Å². The molecule has 0 aromatic heterocycles. The Morgan fingerprint density at radius 3 is 2.81 bits per heavy atom. The summed E-state index contributed by atoms with van der Waals surface area (Å²) in [6, 6.07) is 5.89. The summed E-state index contributed by atoms with van der Waals surface area (Å²) in [5.41, 5.74) is 0.178. The molecule has 2 fully saturated rings. The number of rotatable bonds is 6. The molecule has 0 spiro atoms. The monoisotopic (exact) mass is 377 g/mol. The van der Waals surface area contributed by atoms with E-state index >= 15 is 0 Å². The van der Waals surface area contributed by atoms with E-state index in [0.29, 0.717) is 38.5 Å². The van der Waals surface area contributed by atoms with Crippen LogP contribution in [0, 0.1) is 0 Å². The van der Waals surface area contributed by atoms with Crippen molar-refractivity contribution < 1.29 is 29.0 Å². The number of amides is 2. The number of ether oxygens (including phenoxy) is 2. The summed E-state index contributed by atoms with van der Waals surface area (Å²) in [6.07, 6.45) is 0.243. The molecule has 2 amide bonds. The number of hydrogen-bond donors (Lipinski definition) is 3. The van der Waals surface area contributed by atoms with Gasteiger partial charge in [-0.3, -0.25) is 14.5 Å². The minimum atomic E-state index is -1.00. The van der Waals surface area contributed by atoms with Gasteiger partial charge < -0.3 is 25.2 Å². The molecule has 0 saturated carbocycles. The number of hydrogen-bond acceptors (Lipinski definition) is 6. The zero-order chi connectivity index (χ0) is 19.2. The zero-order valence-electron chi connectivity index (χ0n) is 14.8. The molecule has 0 bridgehead atoms. The van der Waals surface area contributed by atoms with Gasteiger partial charge in [-0.1, -0.05) is 0 Å². The summed E-state index contributed by atoms with van der Waals surface area (Å²) >= 11 is 0. The molecule has 0 unspecified atom stereocenters. The highest BCUT2D eigenvalue weighted by Crippen LogP contribution is 2.18. The molecule has 146 valence electrons. The molecular formula is C18H23N3O6. The van der Waals surface area contributed by atoms with Gasteiger partial charge in [-0.05, 0) is 30.7 Å². The van der Waals surface area contributed by atoms with Gasteiger partial charge in [-0.25, -0.2) is 4.79 Å². The predicted molar refractivity (Wildman–Crippen MR) is 94.6 cm³/mol. The van der Waals surface area contributed by atoms with Crippen molar-refractivity contribution in [3.63, 3.8) is 0 Å². The van der Waals surface area contributed by atoms with Crippen LogP contribution in [0.1, 0.15) is 16.8 Å². The Hall–Kier alpha value is -2.65. The van der Waals surface area contributed by atoms with E-state index in [-0.39, 0.29) is 42.6 Å². The van der Waals surface area contributed by atoms with Crippen molar-refractivity contribution in [2.75, 3.05) is 39.4 Å². The Morgan fingerprint density at radius 2 is 2.11 bits per heavy atom. The third kappa shape index (κ3) is 5.41. The van der Waals surface area contributed by atoms with Gasteiger partial charge in [0.25, 0.3) is 0 Å². The van der Waals surface area contributed by atoms with Crippen molar-refractivity contribution in [2.45, 2.75) is 18.6 Å². The molecule has 0 radical (unpaired) electrons. The normalized spacial score (nSPS) is 23.3. The van der Waals surface area contributed by atoms with E-state index in [4.69, 9.17) is 14.6 Å². The van der Waals surface area contributed by atoms with Crippen molar-refractivity contribution in [3.05, 3.63) is 29.8 Å². The van der Waals surface area contributed by atoms with Crippen LogP contribution < -0.4 is 15.4 Å². The highest BCUT2D eigenvalue weighted by Gasteiger charge is 2.30. The van der Waals surface area contributed by atoms with Gasteiger partial charge in [0.2, 0.25) is 11.8 Å². The van der Waals surface area contributed by atoms with Crippen LogP contribution in [-0.2, 0) is 14.3 Å². The van der Waals surface area contributed by atoms with Gasteiger partial charge in [-0.2, -0.15) is 0 Å². The average Bonchev–Trinajstić information content (AvgIpc) is 2.64. The van der Waals surface area contributed by atoms with Gasteiger partial charge in [0.05, 0.1) is 31.3 Å². The van der Waals surface area contributed by atoms with Crippen LogP contribution in [0.15, 0.2) is 24.3 Å². The van der Waals surface area contributed by atoms with Gasteiger partial charge in [0.15, 0.2) is 0 Å². The first-order valence-corrected chi connectivity index (χ1v) is 8.87. The van der Waals surface area contributed by atoms with Gasteiger partial charge in [-0.15, -0.1) is 0 Å². The summed E-state index contributed by atoms with van der Waals surface area (Å²) in [5, 5.41) is 14.6. The van der Waals surface area contributed by atoms with E-state index in [9.17, 15) is 14.4 Å². The van der Waals surface area contributed by atoms with E-state index < -0.39 is 5.97 Å². The smallest absolute Gasteiger partial charge is 0.335 e. The number of carboxylic acids is 1. The Kier molecular flexibility index (Phi) is 6.25. The lowest BCUT2D eigenvalue weighted by Crippen LogP contribution is -2.55. The molecular weight excluding hydrogens is 354 g/mol. The second-order valence-electron chi connectivity index (χ2n) is 6.58. The number of nitrogens with zero attached hydrogens (tertiary/aromatic N) is 1. The number of aromatic carboxylic acids is 1. The quantitative estimate of drug-likeness (QED) is 0.610. The predicted octanol–water partition coefficient (Wildman–Crippen LogP) is -0.531. The van der Waals surface area contributed by atoms with Crippen LogP contribution >= 0.6 is 0 Å². The Bertz CT molecular complexity index is 693. The van der Waals surface area contributed by atoms with Crippen LogP contribution in [-0.4, -0.2) is 79.3 Å². The summed E-state index contributed by atoms with van der Waals surface area (Å²) < 4.78 is 11.4. The minimum absolute atomic E-state index is 0.0777. The third-order valence-corrected chi connectivity index (χ3v) is 4.52. The average molecular weight is 377 g/mol. The summed E-state index contributed by atoms with van der Waals surface area (Å²) in [6.45, 7) is 2.42. The first-order chi connectivity index (χ1) is 13.0. The standard InChI is InChI=1S/C18H23N3O6/c22-16-9-21(7-6-19-16)10-17(23)20-14-5-8-26-11-15(14)27-13-3-1-12(2-4-13)18(24)25/h1-4,14-15H,5-11H2,(H,19,22)(H,20,23)(H,24,25)/t14-,15-/m1/s1. The maximum Gasteiger partial charge on any atom is 0.335 e. The summed E-state index contributed by atoms with van der Waals surface area (Å²) in [4.78, 5) is 36.5. The van der Waals surface area contributed by atoms with Gasteiger partial charge in [0, 0.05) is 19.7 Å². The highest BCUT2D eigenvalue weighted by molar-refractivity contribution is 5.87. The van der Waals surface area contributed by atoms with Crippen molar-refractivity contribution in [2.24, 2.45) is 0 Å². The molecule has 2 aliphatic rings. The second kappa shape index (κ2) is 8.83. The molecule has 9 heteroatoms. The lowest BCUT2D eigenvalue weighted by Gasteiger charge is -2.33. The number of carboxylic acid groups (broad SMARTS) is 1. The number of nitrogens with one attached hydrogen (secondary N) is 2. The molecule has 1 aromatic rings. The van der Waals surface area contributed by atoms with Crippen LogP contribution in [0.25, 0.3) is 0 Å². The molecule has 2 atom stereocenters. The molecule has 3 N–H and O–H groups in total. The van der Waals surface area contributed by atoms with Crippen LogP contribution in [0.3, 0.4) is 0 Å². The van der Waals surface area contributed by atoms with E-state index in [0.717, 1.165) is 0 Å². The maximum atomic E-state index is 12.4. The molecule has 9 nitrogen and oxygen atoms in total. The molecule has 3 rings (SSSR count). The number of carbonyl (C=O) groups excluding carboxylic acids is 2. The minimum Gasteiger partial charge on any atom is -0.486 e. The molecule has 27 heavy (non-hydrogen) atoms. The Morgan fingerprint density at radius 1 is 1.33 bits per heavy atom. The molecule has 1 aromatic carbocycles. The van der Waals surface area contributed by atoms with E-state index in [1.807, 2.05) is 0 Å². The second-order valence-corrected chi connectivity index (χ2v) is 6.58. The molecule has 2 saturated heterocycles. The first-order valence-electron chi connectivity index (χ1n) is 8.87. The lowest BCUT2D eigenvalue weighted by atomic mass is 10.1. The van der Waals surface area contributed by atoms with Gasteiger partial charge in [0.1, 0.15) is 11.9 Å². The van der Waals surface area contributed by atoms with Crippen molar-refractivity contribution >= 4 is 17.8 Å². The zero-order valence-corrected chi connectivity index (χ0v) is 14.8. The molecule has 0 aliphatic carbocycles. The third-order valence-electron chi connectivity index (χ3n) is 4.52. The Balaban J connectivity index is 1.55. The summed E-state index contributed by atoms with van der Waals surface area (Å²) in [7, 11) is 0.